The summed E-state index contributed by atoms with van der Waals surface area (Å²) in [6, 6.07) is 4.11. The molecule has 1 aromatic rings. The largest absolute Gasteiger partial charge is 0.504 e. The van der Waals surface area contributed by atoms with Crippen molar-refractivity contribution in [2.24, 2.45) is 5.92 Å². The number of carbonyl (C=O) groups is 1. The molecule has 1 fully saturated rings. The van der Waals surface area contributed by atoms with Crippen LogP contribution in [0.25, 0.3) is 0 Å². The molecule has 2 N–H and O–H groups in total. The number of carbonyl (C=O) groups excluding carboxylic acids is 1. The lowest BCUT2D eigenvalue weighted by molar-refractivity contribution is 0.0388. The Kier molecular flexibility index (Phi) is 4.27. The topological polar surface area (TPSA) is 70.0 Å². The van der Waals surface area contributed by atoms with Crippen molar-refractivity contribution in [2.45, 2.75) is 12.8 Å². The monoisotopic (exact) mass is 265 g/mol. The van der Waals surface area contributed by atoms with Gasteiger partial charge in [-0.1, -0.05) is 0 Å². The van der Waals surface area contributed by atoms with Crippen LogP contribution in [-0.2, 0) is 4.74 Å². The molecule has 1 aliphatic heterocycles. The van der Waals surface area contributed by atoms with Gasteiger partial charge in [0.1, 0.15) is 0 Å². The molecule has 1 aliphatic rings. The van der Waals surface area contributed by atoms with Gasteiger partial charge in [-0.15, -0.1) is 0 Å². The van der Waals surface area contributed by atoms with E-state index in [1.165, 1.54) is 18.2 Å². The van der Waals surface area contributed by atoms with E-state index < -0.39 is 0 Å². The second-order valence-electron chi connectivity index (χ2n) is 4.97. The van der Waals surface area contributed by atoms with E-state index in [9.17, 15) is 15.0 Å². The fourth-order valence-electron chi connectivity index (χ4n) is 2.30. The van der Waals surface area contributed by atoms with Crippen molar-refractivity contribution in [1.29, 1.82) is 0 Å². The van der Waals surface area contributed by atoms with Gasteiger partial charge in [-0.3, -0.25) is 4.79 Å². The summed E-state index contributed by atoms with van der Waals surface area (Å²) in [7, 11) is 1.74. The lowest BCUT2D eigenvalue weighted by Gasteiger charge is -2.27. The first kappa shape index (κ1) is 13.7. The molecule has 0 saturated carbocycles. The summed E-state index contributed by atoms with van der Waals surface area (Å²) >= 11 is 0. The van der Waals surface area contributed by atoms with Crippen molar-refractivity contribution in [3.05, 3.63) is 23.8 Å². The minimum atomic E-state index is -0.278. The Morgan fingerprint density at radius 1 is 1.42 bits per heavy atom. The van der Waals surface area contributed by atoms with E-state index in [2.05, 4.69) is 0 Å². The van der Waals surface area contributed by atoms with Gasteiger partial charge in [0.2, 0.25) is 0 Å². The predicted octanol–water partition coefficient (Wildman–Crippen LogP) is 1.60. The number of nitrogens with zero attached hydrogens (tertiary/aromatic N) is 1. The number of hydrogen-bond acceptors (Lipinski definition) is 4. The highest BCUT2D eigenvalue weighted by atomic mass is 16.5. The molecular formula is C14H19NO4. The average Bonchev–Trinajstić information content (AvgIpc) is 2.42. The second kappa shape index (κ2) is 5.93. The number of rotatable bonds is 3. The molecule has 1 unspecified atom stereocenters. The first-order valence-corrected chi connectivity index (χ1v) is 6.43. The van der Waals surface area contributed by atoms with Crippen molar-refractivity contribution >= 4 is 5.91 Å². The molecule has 0 radical (unpaired) electrons. The molecule has 1 aromatic carbocycles. The van der Waals surface area contributed by atoms with E-state index in [1.54, 1.807) is 11.9 Å². The lowest BCUT2D eigenvalue weighted by atomic mass is 10.0. The first-order valence-electron chi connectivity index (χ1n) is 6.43. The molecule has 1 heterocycles. The third-order valence-electron chi connectivity index (χ3n) is 3.36. The van der Waals surface area contributed by atoms with Crippen LogP contribution in [0.2, 0.25) is 0 Å². The van der Waals surface area contributed by atoms with Crippen molar-refractivity contribution in [1.82, 2.24) is 4.90 Å². The lowest BCUT2D eigenvalue weighted by Crippen LogP contribution is -2.35. The normalized spacial score (nSPS) is 19.1. The maximum Gasteiger partial charge on any atom is 0.253 e. The van der Waals surface area contributed by atoms with Crippen LogP contribution >= 0.6 is 0 Å². The Hall–Kier alpha value is -1.75. The molecule has 0 aliphatic carbocycles. The fraction of sp³-hybridized carbons (Fsp3) is 0.500. The van der Waals surface area contributed by atoms with Crippen molar-refractivity contribution in [3.8, 4) is 11.5 Å². The van der Waals surface area contributed by atoms with Gasteiger partial charge in [0.05, 0.1) is 6.61 Å². The van der Waals surface area contributed by atoms with Crippen LogP contribution in [0.5, 0.6) is 11.5 Å². The first-order chi connectivity index (χ1) is 9.08. The number of aromatic hydroxyl groups is 2. The summed E-state index contributed by atoms with van der Waals surface area (Å²) in [5, 5.41) is 18.6. The molecule has 5 heteroatoms. The van der Waals surface area contributed by atoms with Gasteiger partial charge in [-0.05, 0) is 37.0 Å². The van der Waals surface area contributed by atoms with E-state index in [1.807, 2.05) is 0 Å². The highest BCUT2D eigenvalue weighted by Gasteiger charge is 2.20. The SMILES string of the molecule is CN(CC1CCCOC1)C(=O)c1ccc(O)c(O)c1. The minimum Gasteiger partial charge on any atom is -0.504 e. The quantitative estimate of drug-likeness (QED) is 0.814. The predicted molar refractivity (Wildman–Crippen MR) is 70.3 cm³/mol. The smallest absolute Gasteiger partial charge is 0.253 e. The van der Waals surface area contributed by atoms with Gasteiger partial charge in [0, 0.05) is 25.8 Å². The van der Waals surface area contributed by atoms with Gasteiger partial charge in [0.25, 0.3) is 5.91 Å². The summed E-state index contributed by atoms with van der Waals surface area (Å²) in [6.07, 6.45) is 2.10. The van der Waals surface area contributed by atoms with Gasteiger partial charge in [0.15, 0.2) is 11.5 Å². The van der Waals surface area contributed by atoms with Crippen LogP contribution < -0.4 is 0 Å². The number of hydrogen-bond donors (Lipinski definition) is 2. The van der Waals surface area contributed by atoms with Crippen molar-refractivity contribution in [2.75, 3.05) is 26.8 Å². The molecule has 0 bridgehead atoms. The molecule has 104 valence electrons. The summed E-state index contributed by atoms with van der Waals surface area (Å²) in [5.41, 5.74) is 0.370. The summed E-state index contributed by atoms with van der Waals surface area (Å²) < 4.78 is 5.39. The number of benzene rings is 1. The zero-order chi connectivity index (χ0) is 13.8. The van der Waals surface area contributed by atoms with Crippen LogP contribution in [-0.4, -0.2) is 47.8 Å². The van der Waals surface area contributed by atoms with Crippen LogP contribution in [0.1, 0.15) is 23.2 Å². The van der Waals surface area contributed by atoms with Gasteiger partial charge in [-0.25, -0.2) is 0 Å². The molecule has 1 saturated heterocycles. The molecule has 1 amide bonds. The Bertz CT molecular complexity index is 455. The third-order valence-corrected chi connectivity index (χ3v) is 3.36. The second-order valence-corrected chi connectivity index (χ2v) is 4.97. The molecule has 19 heavy (non-hydrogen) atoms. The van der Waals surface area contributed by atoms with E-state index in [-0.39, 0.29) is 17.4 Å². The van der Waals surface area contributed by atoms with Crippen molar-refractivity contribution in [3.63, 3.8) is 0 Å². The van der Waals surface area contributed by atoms with Crippen LogP contribution in [0, 0.1) is 5.92 Å². The van der Waals surface area contributed by atoms with E-state index in [0.29, 0.717) is 24.6 Å². The van der Waals surface area contributed by atoms with Crippen LogP contribution in [0.15, 0.2) is 18.2 Å². The summed E-state index contributed by atoms with van der Waals surface area (Å²) in [5.74, 6) is -0.297. The third kappa shape index (κ3) is 3.38. The fourth-order valence-corrected chi connectivity index (χ4v) is 2.30. The number of phenolic OH excluding ortho intramolecular Hbond substituents is 2. The molecule has 2 rings (SSSR count). The Morgan fingerprint density at radius 2 is 2.21 bits per heavy atom. The Balaban J connectivity index is 1.99. The number of amides is 1. The molecule has 0 aromatic heterocycles. The van der Waals surface area contributed by atoms with E-state index in [0.717, 1.165) is 19.4 Å². The maximum absolute atomic E-state index is 12.2. The average molecular weight is 265 g/mol. The summed E-state index contributed by atoms with van der Waals surface area (Å²) in [4.78, 5) is 13.8. The maximum atomic E-state index is 12.2. The highest BCUT2D eigenvalue weighted by Crippen LogP contribution is 2.25. The van der Waals surface area contributed by atoms with Gasteiger partial charge >= 0.3 is 0 Å². The van der Waals surface area contributed by atoms with E-state index in [4.69, 9.17) is 4.74 Å². The standard InChI is InChI=1S/C14H19NO4/c1-15(8-10-3-2-6-19-9-10)14(18)11-4-5-12(16)13(17)7-11/h4-5,7,10,16-17H,2-3,6,8-9H2,1H3. The zero-order valence-electron chi connectivity index (χ0n) is 11.0. The van der Waals surface area contributed by atoms with Crippen molar-refractivity contribution < 1.29 is 19.7 Å². The minimum absolute atomic E-state index is 0.166. The molecule has 1 atom stereocenters. The number of phenols is 2. The Morgan fingerprint density at radius 3 is 2.84 bits per heavy atom. The van der Waals surface area contributed by atoms with Crippen LogP contribution in [0.4, 0.5) is 0 Å². The summed E-state index contributed by atoms with van der Waals surface area (Å²) in [6.45, 7) is 2.14. The van der Waals surface area contributed by atoms with Crippen LogP contribution in [0.3, 0.4) is 0 Å². The number of ether oxygens (including phenoxy) is 1. The molecule has 5 nitrogen and oxygen atoms in total. The van der Waals surface area contributed by atoms with E-state index >= 15 is 0 Å². The Labute approximate surface area is 112 Å². The highest BCUT2D eigenvalue weighted by molar-refractivity contribution is 5.94. The molecular weight excluding hydrogens is 246 g/mol. The zero-order valence-corrected chi connectivity index (χ0v) is 11.0. The van der Waals surface area contributed by atoms with Gasteiger partial charge in [-0.2, -0.15) is 0 Å². The van der Waals surface area contributed by atoms with Gasteiger partial charge < -0.3 is 19.8 Å². The molecule has 0 spiro atoms.